The first-order valence-electron chi connectivity index (χ1n) is 5.84. The summed E-state index contributed by atoms with van der Waals surface area (Å²) in [5.41, 5.74) is 8.37. The van der Waals surface area contributed by atoms with Gasteiger partial charge in [-0.05, 0) is 19.4 Å². The van der Waals surface area contributed by atoms with Crippen molar-refractivity contribution < 1.29 is 4.90 Å². The van der Waals surface area contributed by atoms with Crippen LogP contribution in [0.2, 0.25) is 0 Å². The van der Waals surface area contributed by atoms with Crippen LogP contribution in [0.4, 0.5) is 5.82 Å². The molecule has 2 rings (SSSR count). The van der Waals surface area contributed by atoms with Crippen LogP contribution in [-0.4, -0.2) is 17.3 Å². The Morgan fingerprint density at radius 3 is 2.61 bits per heavy atom. The quantitative estimate of drug-likeness (QED) is 0.445. The van der Waals surface area contributed by atoms with E-state index in [4.69, 9.17) is 23.8 Å². The first kappa shape index (κ1) is 12.9. The summed E-state index contributed by atoms with van der Waals surface area (Å²) in [4.78, 5) is 1.36. The van der Waals surface area contributed by atoms with Crippen LogP contribution < -0.4 is 16.5 Å². The molecule has 1 aliphatic heterocycles. The second-order valence-electron chi connectivity index (χ2n) is 5.52. The van der Waals surface area contributed by atoms with E-state index < -0.39 is 0 Å². The summed E-state index contributed by atoms with van der Waals surface area (Å²) in [5.74, 6) is 6.08. The number of anilines is 1. The zero-order valence-corrected chi connectivity index (χ0v) is 11.7. The number of likely N-dealkylation sites (N-methyl/N-ethyl adjacent to an activating group) is 1. The maximum absolute atomic E-state index is 9.29. The molecule has 0 saturated carbocycles. The SMILES string of the molecule is C[NH+]1Cc2c(c(C#N)c(N)n(N)c2=S)CC1(C)C. The number of fused-ring (bicyclic) bond motifs is 1. The lowest BCUT2D eigenvalue weighted by Crippen LogP contribution is -3.16. The molecule has 0 spiro atoms. The second-order valence-corrected chi connectivity index (χ2v) is 5.91. The highest BCUT2D eigenvalue weighted by molar-refractivity contribution is 7.71. The molecule has 6 heteroatoms. The van der Waals surface area contributed by atoms with Gasteiger partial charge in [-0.1, -0.05) is 12.2 Å². The van der Waals surface area contributed by atoms with E-state index in [2.05, 4.69) is 27.0 Å². The van der Waals surface area contributed by atoms with Crippen LogP contribution in [0.15, 0.2) is 0 Å². The van der Waals surface area contributed by atoms with E-state index in [0.29, 0.717) is 10.2 Å². The minimum absolute atomic E-state index is 0.0631. The van der Waals surface area contributed by atoms with Crippen molar-refractivity contribution in [2.75, 3.05) is 18.6 Å². The average Bonchev–Trinajstić information content (AvgIpc) is 2.30. The first-order valence-corrected chi connectivity index (χ1v) is 6.24. The molecular weight excluding hydrogens is 246 g/mol. The Hall–Kier alpha value is -1.58. The van der Waals surface area contributed by atoms with Crippen molar-refractivity contribution >= 4 is 18.0 Å². The lowest BCUT2D eigenvalue weighted by atomic mass is 9.84. The first-order chi connectivity index (χ1) is 8.29. The van der Waals surface area contributed by atoms with Crippen molar-refractivity contribution in [1.82, 2.24) is 4.68 Å². The van der Waals surface area contributed by atoms with Crippen LogP contribution in [0.25, 0.3) is 0 Å². The number of pyridine rings is 1. The Morgan fingerprint density at radius 2 is 2.06 bits per heavy atom. The Kier molecular flexibility index (Phi) is 2.84. The number of nitrogens with two attached hydrogens (primary N) is 2. The number of hydrogen-bond acceptors (Lipinski definition) is 4. The fraction of sp³-hybridized carbons (Fsp3) is 0.500. The van der Waals surface area contributed by atoms with Crippen molar-refractivity contribution in [3.05, 3.63) is 21.3 Å². The predicted molar refractivity (Wildman–Crippen MR) is 72.9 cm³/mol. The van der Waals surface area contributed by atoms with Gasteiger partial charge in [-0.25, -0.2) is 4.68 Å². The Morgan fingerprint density at radius 1 is 1.44 bits per heavy atom. The predicted octanol–water partition coefficient (Wildman–Crippen LogP) is -0.265. The second kappa shape index (κ2) is 3.97. The molecular formula is C12H18N5S+. The van der Waals surface area contributed by atoms with Crippen LogP contribution in [-0.2, 0) is 13.0 Å². The zero-order chi connectivity index (χ0) is 13.7. The van der Waals surface area contributed by atoms with Gasteiger partial charge >= 0.3 is 0 Å². The van der Waals surface area contributed by atoms with Crippen molar-refractivity contribution in [3.63, 3.8) is 0 Å². The monoisotopic (exact) mass is 264 g/mol. The summed E-state index contributed by atoms with van der Waals surface area (Å²) in [6.07, 6.45) is 0.783. The molecule has 1 atom stereocenters. The van der Waals surface area contributed by atoms with Crippen LogP contribution in [0, 0.1) is 16.0 Å². The lowest BCUT2D eigenvalue weighted by Gasteiger charge is -2.38. The van der Waals surface area contributed by atoms with E-state index >= 15 is 0 Å². The molecule has 0 aromatic carbocycles. The van der Waals surface area contributed by atoms with E-state index in [1.165, 1.54) is 9.58 Å². The Balaban J connectivity index is 2.79. The molecule has 5 N–H and O–H groups in total. The summed E-state index contributed by atoms with van der Waals surface area (Å²) in [5, 5.41) is 9.29. The molecule has 1 unspecified atom stereocenters. The Labute approximate surface area is 112 Å². The van der Waals surface area contributed by atoms with E-state index in [1.54, 1.807) is 0 Å². The fourth-order valence-electron chi connectivity index (χ4n) is 2.41. The number of nitrogens with one attached hydrogen (secondary N) is 1. The van der Waals surface area contributed by atoms with E-state index in [1.807, 2.05) is 0 Å². The smallest absolute Gasteiger partial charge is 0.142 e. The number of quaternary nitrogens is 1. The molecule has 0 bridgehead atoms. The number of nitrogens with zero attached hydrogens (tertiary/aromatic N) is 2. The molecule has 0 saturated heterocycles. The van der Waals surface area contributed by atoms with E-state index in [-0.39, 0.29) is 11.4 Å². The summed E-state index contributed by atoms with van der Waals surface area (Å²) in [7, 11) is 2.13. The van der Waals surface area contributed by atoms with E-state index in [0.717, 1.165) is 24.1 Å². The molecule has 2 heterocycles. The van der Waals surface area contributed by atoms with E-state index in [9.17, 15) is 5.26 Å². The maximum Gasteiger partial charge on any atom is 0.142 e. The summed E-state index contributed by atoms with van der Waals surface area (Å²) >= 11 is 5.34. The van der Waals surface area contributed by atoms with Crippen LogP contribution in [0.1, 0.15) is 30.5 Å². The lowest BCUT2D eigenvalue weighted by molar-refractivity contribution is -0.945. The van der Waals surface area contributed by atoms with Crippen molar-refractivity contribution in [2.45, 2.75) is 32.4 Å². The molecule has 0 amide bonds. The van der Waals surface area contributed by atoms with Gasteiger partial charge in [-0.2, -0.15) is 5.26 Å². The highest BCUT2D eigenvalue weighted by Gasteiger charge is 2.37. The number of aromatic nitrogens is 1. The number of nitriles is 1. The fourth-order valence-corrected chi connectivity index (χ4v) is 2.70. The molecule has 5 nitrogen and oxygen atoms in total. The van der Waals surface area contributed by atoms with Gasteiger partial charge in [0.1, 0.15) is 23.1 Å². The van der Waals surface area contributed by atoms with Crippen molar-refractivity contribution in [1.29, 1.82) is 5.26 Å². The normalized spacial score (nSPS) is 21.1. The topological polar surface area (TPSA) is 85.2 Å². The number of nitrogen functional groups attached to an aromatic ring is 2. The maximum atomic E-state index is 9.29. The van der Waals surface area contributed by atoms with Gasteiger partial charge in [0, 0.05) is 12.0 Å². The van der Waals surface area contributed by atoms with Gasteiger partial charge in [0.2, 0.25) is 0 Å². The largest absolute Gasteiger partial charge is 0.383 e. The number of hydrogen-bond donors (Lipinski definition) is 3. The Bertz CT molecular complexity index is 608. The third kappa shape index (κ3) is 1.67. The minimum Gasteiger partial charge on any atom is -0.383 e. The average molecular weight is 264 g/mol. The van der Waals surface area contributed by atoms with Gasteiger partial charge in [0.15, 0.2) is 0 Å². The summed E-state index contributed by atoms with van der Waals surface area (Å²) < 4.78 is 1.79. The molecule has 1 aromatic heterocycles. The third-order valence-corrected chi connectivity index (χ3v) is 4.43. The standard InChI is InChI=1S/C12H17N5S/c1-12(2)4-7-8(5-13)10(14)17(15)11(18)9(7)6-16(12)3/h4,6,14-15H2,1-3H3/p+1. The molecule has 0 fully saturated rings. The molecule has 96 valence electrons. The van der Waals surface area contributed by atoms with Gasteiger partial charge in [-0.3, -0.25) is 0 Å². The van der Waals surface area contributed by atoms with Crippen LogP contribution >= 0.6 is 12.2 Å². The highest BCUT2D eigenvalue weighted by atomic mass is 32.1. The molecule has 0 aliphatic carbocycles. The highest BCUT2D eigenvalue weighted by Crippen LogP contribution is 2.27. The summed E-state index contributed by atoms with van der Waals surface area (Å²) in [6.45, 7) is 5.12. The van der Waals surface area contributed by atoms with Gasteiger partial charge in [0.05, 0.1) is 18.2 Å². The zero-order valence-electron chi connectivity index (χ0n) is 10.9. The van der Waals surface area contributed by atoms with Crippen LogP contribution in [0.3, 0.4) is 0 Å². The molecule has 1 aliphatic rings. The van der Waals surface area contributed by atoms with Crippen molar-refractivity contribution in [3.8, 4) is 6.07 Å². The van der Waals surface area contributed by atoms with Crippen molar-refractivity contribution in [2.24, 2.45) is 0 Å². The van der Waals surface area contributed by atoms with Gasteiger partial charge < -0.3 is 16.5 Å². The van der Waals surface area contributed by atoms with Gasteiger partial charge in [0.25, 0.3) is 0 Å². The molecule has 18 heavy (non-hydrogen) atoms. The molecule has 1 aromatic rings. The summed E-state index contributed by atoms with van der Waals surface area (Å²) in [6, 6.07) is 2.16. The van der Waals surface area contributed by atoms with Gasteiger partial charge in [-0.15, -0.1) is 0 Å². The number of rotatable bonds is 0. The molecule has 0 radical (unpaired) electrons. The third-order valence-electron chi connectivity index (χ3n) is 3.99. The van der Waals surface area contributed by atoms with Crippen LogP contribution in [0.5, 0.6) is 0 Å². The minimum atomic E-state index is 0.0631.